The van der Waals surface area contributed by atoms with Crippen LogP contribution in [0.1, 0.15) is 20.3 Å². The first-order chi connectivity index (χ1) is 5.66. The van der Waals surface area contributed by atoms with Gasteiger partial charge in [-0.15, -0.1) is 0 Å². The van der Waals surface area contributed by atoms with Gasteiger partial charge in [0.15, 0.2) is 9.76 Å². The lowest BCUT2D eigenvalue weighted by Crippen LogP contribution is -2.02. The number of rotatable bonds is 6. The molecule has 3 nitrogen and oxygen atoms in total. The fraction of sp³-hybridized carbons (Fsp3) is 0.750. The molecular formula is C8H17NO2Si. The zero-order valence-electron chi connectivity index (χ0n) is 8.09. The van der Waals surface area contributed by atoms with E-state index >= 15 is 0 Å². The maximum absolute atomic E-state index is 10.6. The second-order valence-electron chi connectivity index (χ2n) is 2.84. The van der Waals surface area contributed by atoms with Gasteiger partial charge in [0, 0.05) is 25.8 Å². The van der Waals surface area contributed by atoms with E-state index < -0.39 is 0 Å². The first kappa shape index (κ1) is 11.5. The Labute approximate surface area is 76.2 Å². The van der Waals surface area contributed by atoms with Gasteiger partial charge in [-0.05, 0) is 19.9 Å². The molecule has 0 aliphatic rings. The Balaban J connectivity index is 3.48. The summed E-state index contributed by atoms with van der Waals surface area (Å²) in [5, 5.41) is 0. The van der Waals surface area contributed by atoms with Gasteiger partial charge in [0.25, 0.3) is 0 Å². The number of hydrogen-bond acceptors (Lipinski definition) is 3. The van der Waals surface area contributed by atoms with Crippen molar-refractivity contribution in [3.05, 3.63) is 0 Å². The Hall–Kier alpha value is -0.483. The number of Topliss-reactive ketones (excluding diaryl/α,β-unsaturated/α-hetero) is 1. The maximum Gasteiger partial charge on any atom is 0.162 e. The SMILES string of the molecule is CO[SiH2]CCN=C(C)CC(C)=O. The summed E-state index contributed by atoms with van der Waals surface area (Å²) in [6.45, 7) is 4.30. The summed E-state index contributed by atoms with van der Waals surface area (Å²) in [5.41, 5.74) is 0.938. The third-order valence-corrected chi connectivity index (χ3v) is 2.41. The monoisotopic (exact) mass is 187 g/mol. The lowest BCUT2D eigenvalue weighted by Gasteiger charge is -1.97. The summed E-state index contributed by atoms with van der Waals surface area (Å²) in [4.78, 5) is 14.9. The van der Waals surface area contributed by atoms with Crippen molar-refractivity contribution < 1.29 is 9.22 Å². The molecule has 0 rings (SSSR count). The van der Waals surface area contributed by atoms with Crippen LogP contribution in [0.15, 0.2) is 4.99 Å². The van der Waals surface area contributed by atoms with Gasteiger partial charge < -0.3 is 4.43 Å². The lowest BCUT2D eigenvalue weighted by molar-refractivity contribution is -0.115. The van der Waals surface area contributed by atoms with Gasteiger partial charge >= 0.3 is 0 Å². The summed E-state index contributed by atoms with van der Waals surface area (Å²) < 4.78 is 5.01. The maximum atomic E-state index is 10.6. The molecule has 0 aliphatic carbocycles. The first-order valence-electron chi connectivity index (χ1n) is 4.15. The van der Waals surface area contributed by atoms with Crippen LogP contribution < -0.4 is 0 Å². The van der Waals surface area contributed by atoms with Crippen LogP contribution in [0.4, 0.5) is 0 Å². The summed E-state index contributed by atoms with van der Waals surface area (Å²) in [5.74, 6) is 0.181. The summed E-state index contributed by atoms with van der Waals surface area (Å²) in [7, 11) is 1.39. The van der Waals surface area contributed by atoms with Gasteiger partial charge in [0.05, 0.1) is 0 Å². The predicted molar refractivity (Wildman–Crippen MR) is 53.6 cm³/mol. The molecule has 0 aromatic heterocycles. The molecule has 0 aromatic carbocycles. The van der Waals surface area contributed by atoms with Crippen LogP contribution in [0, 0.1) is 0 Å². The Morgan fingerprint density at radius 3 is 2.67 bits per heavy atom. The Morgan fingerprint density at radius 2 is 2.17 bits per heavy atom. The zero-order chi connectivity index (χ0) is 9.40. The third-order valence-electron chi connectivity index (χ3n) is 1.39. The molecule has 0 atom stereocenters. The summed E-state index contributed by atoms with van der Waals surface area (Å²) in [6.07, 6.45) is 0.495. The highest BCUT2D eigenvalue weighted by Crippen LogP contribution is 1.90. The summed E-state index contributed by atoms with van der Waals surface area (Å²) in [6, 6.07) is 1.06. The van der Waals surface area contributed by atoms with Crippen molar-refractivity contribution in [2.45, 2.75) is 26.3 Å². The van der Waals surface area contributed by atoms with E-state index in [9.17, 15) is 4.79 Å². The average Bonchev–Trinajstić information content (AvgIpc) is 1.97. The van der Waals surface area contributed by atoms with Gasteiger partial charge in [0.2, 0.25) is 0 Å². The minimum Gasteiger partial charge on any atom is -0.427 e. The van der Waals surface area contributed by atoms with E-state index in [1.807, 2.05) is 6.92 Å². The highest BCUT2D eigenvalue weighted by molar-refractivity contribution is 6.27. The fourth-order valence-corrected chi connectivity index (χ4v) is 1.47. The standard InChI is InChI=1S/C8H17NO2Si/c1-7(6-8(2)10)9-4-5-12-11-3/h4-6,12H2,1-3H3. The average molecular weight is 187 g/mol. The van der Waals surface area contributed by atoms with Gasteiger partial charge in [-0.2, -0.15) is 0 Å². The Morgan fingerprint density at radius 1 is 1.50 bits per heavy atom. The fourth-order valence-electron chi connectivity index (χ4n) is 0.895. The summed E-state index contributed by atoms with van der Waals surface area (Å²) >= 11 is 0. The Kier molecular flexibility index (Phi) is 6.89. The number of ketones is 1. The first-order valence-corrected chi connectivity index (χ1v) is 5.73. The van der Waals surface area contributed by atoms with E-state index in [0.29, 0.717) is 6.42 Å². The van der Waals surface area contributed by atoms with Crippen LogP contribution in [0.2, 0.25) is 6.04 Å². The molecule has 0 fully saturated rings. The van der Waals surface area contributed by atoms with Crippen LogP contribution >= 0.6 is 0 Å². The highest BCUT2D eigenvalue weighted by Gasteiger charge is 1.95. The molecule has 0 amide bonds. The van der Waals surface area contributed by atoms with E-state index in [1.54, 1.807) is 14.0 Å². The van der Waals surface area contributed by atoms with E-state index in [-0.39, 0.29) is 15.5 Å². The van der Waals surface area contributed by atoms with Crippen molar-refractivity contribution in [2.75, 3.05) is 13.7 Å². The van der Waals surface area contributed by atoms with Crippen molar-refractivity contribution in [3.63, 3.8) is 0 Å². The van der Waals surface area contributed by atoms with E-state index in [2.05, 4.69) is 4.99 Å². The van der Waals surface area contributed by atoms with E-state index in [4.69, 9.17) is 4.43 Å². The number of carbonyl (C=O) groups excluding carboxylic acids is 1. The molecule has 0 aromatic rings. The predicted octanol–water partition coefficient (Wildman–Crippen LogP) is 0.575. The van der Waals surface area contributed by atoms with Crippen molar-refractivity contribution in [2.24, 2.45) is 4.99 Å². The van der Waals surface area contributed by atoms with Crippen LogP contribution in [0.5, 0.6) is 0 Å². The van der Waals surface area contributed by atoms with E-state index in [0.717, 1.165) is 18.3 Å². The number of nitrogens with zero attached hydrogens (tertiary/aromatic N) is 1. The van der Waals surface area contributed by atoms with Crippen LogP contribution in [-0.2, 0) is 9.22 Å². The van der Waals surface area contributed by atoms with Gasteiger partial charge in [-0.3, -0.25) is 9.79 Å². The largest absolute Gasteiger partial charge is 0.427 e. The molecule has 0 bridgehead atoms. The number of carbonyl (C=O) groups is 1. The van der Waals surface area contributed by atoms with Crippen LogP contribution in [0.25, 0.3) is 0 Å². The van der Waals surface area contributed by atoms with Crippen molar-refractivity contribution >= 4 is 21.3 Å². The molecule has 0 heterocycles. The smallest absolute Gasteiger partial charge is 0.162 e. The molecular weight excluding hydrogens is 170 g/mol. The molecule has 12 heavy (non-hydrogen) atoms. The van der Waals surface area contributed by atoms with Gasteiger partial charge in [-0.25, -0.2) is 0 Å². The molecule has 0 unspecified atom stereocenters. The molecule has 4 heteroatoms. The van der Waals surface area contributed by atoms with Gasteiger partial charge in [0.1, 0.15) is 5.78 Å². The normalized spacial score (nSPS) is 12.8. The molecule has 70 valence electrons. The Bertz CT molecular complexity index is 168. The van der Waals surface area contributed by atoms with Crippen LogP contribution in [0.3, 0.4) is 0 Å². The third kappa shape index (κ3) is 7.62. The second-order valence-corrected chi connectivity index (χ2v) is 4.53. The molecule has 0 spiro atoms. The van der Waals surface area contributed by atoms with Crippen molar-refractivity contribution in [1.29, 1.82) is 0 Å². The topological polar surface area (TPSA) is 38.7 Å². The molecule has 0 saturated heterocycles. The quantitative estimate of drug-likeness (QED) is 0.346. The lowest BCUT2D eigenvalue weighted by atomic mass is 10.2. The van der Waals surface area contributed by atoms with Crippen LogP contribution in [-0.4, -0.2) is 34.9 Å². The van der Waals surface area contributed by atoms with E-state index in [1.165, 1.54) is 0 Å². The minimum atomic E-state index is -0.340. The van der Waals surface area contributed by atoms with Crippen molar-refractivity contribution in [3.8, 4) is 0 Å². The molecule has 0 radical (unpaired) electrons. The highest BCUT2D eigenvalue weighted by atomic mass is 28.2. The number of hydrogen-bond donors (Lipinski definition) is 0. The second kappa shape index (κ2) is 7.18. The molecule has 0 aliphatic heterocycles. The minimum absolute atomic E-state index is 0.181. The van der Waals surface area contributed by atoms with Gasteiger partial charge in [-0.1, -0.05) is 0 Å². The number of aliphatic imine (C=N–C) groups is 1. The molecule has 0 saturated carbocycles. The molecule has 0 N–H and O–H groups in total. The van der Waals surface area contributed by atoms with Crippen molar-refractivity contribution in [1.82, 2.24) is 0 Å². The zero-order valence-corrected chi connectivity index (χ0v) is 9.51.